The summed E-state index contributed by atoms with van der Waals surface area (Å²) < 4.78 is 6.00. The molecule has 3 atom stereocenters. The molecule has 3 unspecified atom stereocenters. The third kappa shape index (κ3) is 5.29. The van der Waals surface area contributed by atoms with Crippen molar-refractivity contribution in [3.05, 3.63) is 27.5 Å². The van der Waals surface area contributed by atoms with E-state index in [9.17, 15) is 15.0 Å². The summed E-state index contributed by atoms with van der Waals surface area (Å²) in [6.45, 7) is 5.18. The van der Waals surface area contributed by atoms with Gasteiger partial charge in [-0.25, -0.2) is 9.78 Å². The molecule has 0 spiro atoms. The van der Waals surface area contributed by atoms with Gasteiger partial charge in [-0.1, -0.05) is 11.6 Å². The lowest BCUT2D eigenvalue weighted by atomic mass is 9.90. The van der Waals surface area contributed by atoms with Gasteiger partial charge in [0, 0.05) is 0 Å². The van der Waals surface area contributed by atoms with Crippen molar-refractivity contribution in [3.8, 4) is 0 Å². The smallest absolute Gasteiger partial charge is 0.410 e. The molecule has 0 saturated carbocycles. The number of aliphatic hydroxyl groups is 2. The van der Waals surface area contributed by atoms with E-state index >= 15 is 0 Å². The lowest BCUT2D eigenvalue weighted by Gasteiger charge is -2.43. The van der Waals surface area contributed by atoms with Crippen LogP contribution in [0.4, 0.5) is 4.79 Å². The summed E-state index contributed by atoms with van der Waals surface area (Å²) in [5, 5.41) is 20.8. The molecule has 1 fully saturated rings. The first-order chi connectivity index (χ1) is 11.6. The molecule has 2 rings (SSSR count). The predicted molar refractivity (Wildman–Crippen MR) is 98.5 cm³/mol. The van der Waals surface area contributed by atoms with E-state index in [1.54, 1.807) is 32.9 Å². The minimum Gasteiger partial charge on any atom is -0.444 e. The molecule has 0 aromatic carbocycles. The van der Waals surface area contributed by atoms with E-state index in [-0.39, 0.29) is 17.8 Å². The van der Waals surface area contributed by atoms with E-state index in [2.05, 4.69) is 20.9 Å². The average Bonchev–Trinajstić information content (AvgIpc) is 2.50. The summed E-state index contributed by atoms with van der Waals surface area (Å²) in [5.74, 6) is 0. The van der Waals surface area contributed by atoms with Gasteiger partial charge in [0.2, 0.25) is 0 Å². The molecule has 1 aliphatic heterocycles. The number of amides is 1. The Hall–Kier alpha value is -0.890. The van der Waals surface area contributed by atoms with Crippen LogP contribution in [0.3, 0.4) is 0 Å². The summed E-state index contributed by atoms with van der Waals surface area (Å²) in [4.78, 5) is 18.2. The number of aromatic nitrogens is 1. The number of rotatable bonds is 3. The van der Waals surface area contributed by atoms with Crippen LogP contribution in [0.5, 0.6) is 0 Å². The lowest BCUT2D eigenvalue weighted by molar-refractivity contribution is -0.0445. The molecule has 6 nitrogen and oxygen atoms in total. The molecule has 1 aromatic heterocycles. The highest BCUT2D eigenvalue weighted by atomic mass is 79.9. The second-order valence-corrected chi connectivity index (χ2v) is 8.41. The third-order valence-corrected chi connectivity index (χ3v) is 4.69. The Labute approximate surface area is 161 Å². The Bertz CT molecular complexity index is 603. The van der Waals surface area contributed by atoms with Gasteiger partial charge in [0.25, 0.3) is 0 Å². The number of ether oxygens (including phenoxy) is 1. The van der Waals surface area contributed by atoms with E-state index in [0.29, 0.717) is 23.0 Å². The van der Waals surface area contributed by atoms with Crippen LogP contribution >= 0.6 is 27.5 Å². The van der Waals surface area contributed by atoms with Crippen LogP contribution in [-0.2, 0) is 4.74 Å². The lowest BCUT2D eigenvalue weighted by Crippen LogP contribution is -2.55. The minimum absolute atomic E-state index is 0.177. The zero-order valence-electron chi connectivity index (χ0n) is 14.6. The molecule has 0 radical (unpaired) electrons. The van der Waals surface area contributed by atoms with E-state index in [0.717, 1.165) is 6.42 Å². The van der Waals surface area contributed by atoms with Crippen molar-refractivity contribution in [3.63, 3.8) is 0 Å². The van der Waals surface area contributed by atoms with E-state index in [4.69, 9.17) is 16.3 Å². The Balaban J connectivity index is 2.32. The second-order valence-electron chi connectivity index (χ2n) is 7.21. The molecule has 0 aliphatic carbocycles. The van der Waals surface area contributed by atoms with Gasteiger partial charge >= 0.3 is 6.09 Å². The number of hydrogen-bond acceptors (Lipinski definition) is 5. The molecule has 1 saturated heterocycles. The van der Waals surface area contributed by atoms with Crippen molar-refractivity contribution in [2.45, 2.75) is 63.8 Å². The number of aliphatic hydroxyl groups excluding tert-OH is 2. The van der Waals surface area contributed by atoms with Gasteiger partial charge in [0.15, 0.2) is 0 Å². The van der Waals surface area contributed by atoms with Gasteiger partial charge in [-0.05, 0) is 73.7 Å². The number of carbonyl (C=O) groups excluding carboxylic acids is 1. The Kier molecular flexibility index (Phi) is 6.70. The largest absolute Gasteiger partial charge is 0.444 e. The fourth-order valence-electron chi connectivity index (χ4n) is 3.08. The van der Waals surface area contributed by atoms with Crippen LogP contribution in [0.15, 0.2) is 16.7 Å². The molecule has 1 aromatic rings. The highest BCUT2D eigenvalue weighted by molar-refractivity contribution is 9.10. The van der Waals surface area contributed by atoms with Gasteiger partial charge in [-0.3, -0.25) is 4.90 Å². The number of halogens is 2. The molecule has 1 aliphatic rings. The maximum absolute atomic E-state index is 12.7. The first-order valence-corrected chi connectivity index (χ1v) is 9.42. The number of carbonyl (C=O) groups is 1. The zero-order valence-corrected chi connectivity index (χ0v) is 16.9. The highest BCUT2D eigenvalue weighted by Gasteiger charge is 2.40. The fraction of sp³-hybridized carbons (Fsp3) is 0.647. The summed E-state index contributed by atoms with van der Waals surface area (Å²) in [6, 6.07) is 2.36. The topological polar surface area (TPSA) is 82.9 Å². The van der Waals surface area contributed by atoms with Crippen LogP contribution < -0.4 is 0 Å². The molecule has 140 valence electrons. The average molecular weight is 436 g/mol. The monoisotopic (exact) mass is 434 g/mol. The molecular formula is C17H24BrClN2O4. The summed E-state index contributed by atoms with van der Waals surface area (Å²) in [5.41, 5.74) is -0.100. The molecule has 25 heavy (non-hydrogen) atoms. The van der Waals surface area contributed by atoms with Gasteiger partial charge in [0.1, 0.15) is 15.4 Å². The number of piperidine rings is 1. The fourth-order valence-corrected chi connectivity index (χ4v) is 3.85. The van der Waals surface area contributed by atoms with Crippen molar-refractivity contribution >= 4 is 33.6 Å². The van der Waals surface area contributed by atoms with E-state index in [1.807, 2.05) is 0 Å². The van der Waals surface area contributed by atoms with Crippen LogP contribution in [0.2, 0.25) is 5.15 Å². The number of hydrogen-bond donors (Lipinski definition) is 2. The molecule has 2 N–H and O–H groups in total. The predicted octanol–water partition coefficient (Wildman–Crippen LogP) is 3.68. The first-order valence-electron chi connectivity index (χ1n) is 8.25. The van der Waals surface area contributed by atoms with Crippen molar-refractivity contribution < 1.29 is 19.7 Å². The molecule has 2 heterocycles. The first kappa shape index (κ1) is 20.4. The van der Waals surface area contributed by atoms with E-state index in [1.165, 1.54) is 4.90 Å². The van der Waals surface area contributed by atoms with Gasteiger partial charge < -0.3 is 14.9 Å². The van der Waals surface area contributed by atoms with Crippen molar-refractivity contribution in [1.29, 1.82) is 0 Å². The van der Waals surface area contributed by atoms with E-state index < -0.39 is 23.8 Å². The zero-order chi connectivity index (χ0) is 18.8. The van der Waals surface area contributed by atoms with Crippen LogP contribution in [0.1, 0.15) is 51.7 Å². The SMILES string of the molecule is CC(C)(C)OC(=O)N1C(CO)CCCC1C(O)c1cc(Cl)nc(Br)c1. The Morgan fingerprint density at radius 1 is 1.48 bits per heavy atom. The number of pyridine rings is 1. The highest BCUT2D eigenvalue weighted by Crippen LogP contribution is 2.34. The maximum atomic E-state index is 12.7. The maximum Gasteiger partial charge on any atom is 0.410 e. The molecular weight excluding hydrogens is 412 g/mol. The number of nitrogens with zero attached hydrogens (tertiary/aromatic N) is 2. The van der Waals surface area contributed by atoms with Gasteiger partial charge in [-0.2, -0.15) is 0 Å². The van der Waals surface area contributed by atoms with Crippen molar-refractivity contribution in [2.75, 3.05) is 6.61 Å². The van der Waals surface area contributed by atoms with Crippen LogP contribution in [0, 0.1) is 0 Å². The van der Waals surface area contributed by atoms with Gasteiger partial charge in [0.05, 0.1) is 24.8 Å². The van der Waals surface area contributed by atoms with Crippen molar-refractivity contribution in [2.24, 2.45) is 0 Å². The summed E-state index contributed by atoms with van der Waals surface area (Å²) in [7, 11) is 0. The summed E-state index contributed by atoms with van der Waals surface area (Å²) >= 11 is 9.24. The number of likely N-dealkylation sites (tertiary alicyclic amines) is 1. The molecule has 8 heteroatoms. The normalized spacial score (nSPS) is 22.6. The quantitative estimate of drug-likeness (QED) is 0.708. The summed E-state index contributed by atoms with van der Waals surface area (Å²) in [6.07, 6.45) is 0.577. The van der Waals surface area contributed by atoms with Crippen LogP contribution in [0.25, 0.3) is 0 Å². The van der Waals surface area contributed by atoms with Crippen LogP contribution in [-0.4, -0.2) is 50.5 Å². The Morgan fingerprint density at radius 3 is 2.72 bits per heavy atom. The standard InChI is InChI=1S/C17H24BrClN2O4/c1-17(2,3)25-16(24)21-11(9-22)5-4-6-12(21)15(23)10-7-13(18)20-14(19)8-10/h7-8,11-12,15,22-23H,4-6,9H2,1-3H3. The van der Waals surface area contributed by atoms with Gasteiger partial charge in [-0.15, -0.1) is 0 Å². The minimum atomic E-state index is -0.960. The van der Waals surface area contributed by atoms with Crippen molar-refractivity contribution in [1.82, 2.24) is 9.88 Å². The Morgan fingerprint density at radius 2 is 2.16 bits per heavy atom. The molecule has 0 bridgehead atoms. The third-order valence-electron chi connectivity index (χ3n) is 4.09. The molecule has 1 amide bonds. The second kappa shape index (κ2) is 8.20.